The Bertz CT molecular complexity index is 318. The van der Waals surface area contributed by atoms with Crippen LogP contribution in [0.25, 0.3) is 0 Å². The number of hydrogen-bond donors (Lipinski definition) is 4. The smallest absolute Gasteiger partial charge is 0.0991 e. The molecule has 0 amide bonds. The molecule has 0 aromatic heterocycles. The van der Waals surface area contributed by atoms with E-state index in [2.05, 4.69) is 16.4 Å². The summed E-state index contributed by atoms with van der Waals surface area (Å²) in [5, 5.41) is 28.2. The first-order valence-electron chi connectivity index (χ1n) is 8.91. The van der Waals surface area contributed by atoms with Crippen molar-refractivity contribution in [3.63, 3.8) is 0 Å². The first-order valence-corrected chi connectivity index (χ1v) is 8.91. The second-order valence-corrected chi connectivity index (χ2v) is 6.37. The van der Waals surface area contributed by atoms with E-state index in [9.17, 15) is 10.2 Å². The summed E-state index contributed by atoms with van der Waals surface area (Å²) < 4.78 is 0. The molecule has 0 aliphatic rings. The zero-order valence-corrected chi connectivity index (χ0v) is 15.5. The van der Waals surface area contributed by atoms with Crippen molar-refractivity contribution >= 4 is 0 Å². The monoisotopic (exact) mass is 346 g/mol. The van der Waals surface area contributed by atoms with Crippen LogP contribution in [0.15, 0.2) is 12.3 Å². The first kappa shape index (κ1) is 23.3. The number of nitrogens with zero attached hydrogens (tertiary/aromatic N) is 3. The molecule has 7 nitrogen and oxygen atoms in total. The minimum atomic E-state index is -0.316. The van der Waals surface area contributed by atoms with Crippen LogP contribution in [-0.2, 0) is 0 Å². The van der Waals surface area contributed by atoms with E-state index in [1.807, 2.05) is 18.9 Å². The van der Waals surface area contributed by atoms with E-state index in [0.717, 1.165) is 52.1 Å². The highest BCUT2D eigenvalue weighted by molar-refractivity contribution is 4.82. The summed E-state index contributed by atoms with van der Waals surface area (Å²) in [6, 6.07) is 0. The Morgan fingerprint density at radius 3 is 2.25 bits per heavy atom. The predicted octanol–water partition coefficient (Wildman–Crippen LogP) is -0.294. The highest BCUT2D eigenvalue weighted by Crippen LogP contribution is 2.00. The molecule has 7 heteroatoms. The van der Waals surface area contributed by atoms with Gasteiger partial charge in [0.15, 0.2) is 0 Å². The van der Waals surface area contributed by atoms with E-state index in [4.69, 9.17) is 10.8 Å². The maximum atomic E-state index is 9.85. The maximum Gasteiger partial charge on any atom is 0.0991 e. The van der Waals surface area contributed by atoms with Gasteiger partial charge in [-0.1, -0.05) is 13.5 Å². The van der Waals surface area contributed by atoms with Gasteiger partial charge in [0.2, 0.25) is 0 Å². The molecule has 0 aromatic carbocycles. The van der Waals surface area contributed by atoms with E-state index < -0.39 is 0 Å². The molecule has 144 valence electrons. The molecule has 0 heterocycles. The van der Waals surface area contributed by atoms with E-state index in [1.165, 1.54) is 0 Å². The van der Waals surface area contributed by atoms with Crippen molar-refractivity contribution in [2.75, 3.05) is 72.6 Å². The predicted molar refractivity (Wildman–Crippen MR) is 99.2 cm³/mol. The zero-order valence-electron chi connectivity index (χ0n) is 15.5. The van der Waals surface area contributed by atoms with Gasteiger partial charge in [0.05, 0.1) is 18.4 Å². The third-order valence-corrected chi connectivity index (χ3v) is 4.00. The number of aliphatic hydroxyl groups excluding tert-OH is 3. The highest BCUT2D eigenvalue weighted by Gasteiger charge is 2.13. The molecule has 0 spiro atoms. The zero-order chi connectivity index (χ0) is 18.4. The van der Waals surface area contributed by atoms with Crippen molar-refractivity contribution in [3.05, 3.63) is 12.3 Å². The standard InChI is InChI=1S/C17H38N4O3/c1-4-17(24)15-21(8-6-18)12-11-20(7-5-13-22)10-9-19(3)14-16(2)23/h17,22-24H,2,4-15,18H2,1,3H3. The van der Waals surface area contributed by atoms with Crippen molar-refractivity contribution in [2.24, 2.45) is 5.73 Å². The van der Waals surface area contributed by atoms with Gasteiger partial charge in [-0.2, -0.15) is 0 Å². The molecule has 0 radical (unpaired) electrons. The molecule has 5 N–H and O–H groups in total. The largest absolute Gasteiger partial charge is 0.512 e. The van der Waals surface area contributed by atoms with Gasteiger partial charge in [0, 0.05) is 59.0 Å². The number of rotatable bonds is 16. The molecule has 1 unspecified atom stereocenters. The van der Waals surface area contributed by atoms with Gasteiger partial charge in [-0.25, -0.2) is 0 Å². The van der Waals surface area contributed by atoms with Crippen molar-refractivity contribution < 1.29 is 15.3 Å². The molecule has 0 fully saturated rings. The van der Waals surface area contributed by atoms with Crippen molar-refractivity contribution in [1.29, 1.82) is 0 Å². The Balaban J connectivity index is 4.38. The second kappa shape index (κ2) is 14.6. The molecular formula is C17H38N4O3. The number of likely N-dealkylation sites (N-methyl/N-ethyl adjacent to an activating group) is 1. The van der Waals surface area contributed by atoms with Crippen LogP contribution in [0.4, 0.5) is 0 Å². The molecule has 24 heavy (non-hydrogen) atoms. The van der Waals surface area contributed by atoms with Gasteiger partial charge in [0.1, 0.15) is 0 Å². The Labute approximate surface area is 147 Å². The van der Waals surface area contributed by atoms with E-state index >= 15 is 0 Å². The maximum absolute atomic E-state index is 9.85. The minimum absolute atomic E-state index is 0.169. The van der Waals surface area contributed by atoms with Crippen LogP contribution in [0.1, 0.15) is 19.8 Å². The Kier molecular flexibility index (Phi) is 14.2. The van der Waals surface area contributed by atoms with Gasteiger partial charge in [-0.05, 0) is 19.9 Å². The molecular weight excluding hydrogens is 308 g/mol. The molecule has 1 atom stereocenters. The molecule has 0 saturated heterocycles. The van der Waals surface area contributed by atoms with Gasteiger partial charge in [-0.15, -0.1) is 0 Å². The lowest BCUT2D eigenvalue weighted by atomic mass is 10.2. The third kappa shape index (κ3) is 12.7. The van der Waals surface area contributed by atoms with Crippen LogP contribution in [0, 0.1) is 0 Å². The fourth-order valence-electron chi connectivity index (χ4n) is 2.52. The summed E-state index contributed by atoms with van der Waals surface area (Å²) in [4.78, 5) is 6.51. The molecule has 0 rings (SSSR count). The van der Waals surface area contributed by atoms with E-state index in [-0.39, 0.29) is 18.5 Å². The van der Waals surface area contributed by atoms with Gasteiger partial charge in [0.25, 0.3) is 0 Å². The number of aliphatic hydroxyl groups is 3. The Morgan fingerprint density at radius 1 is 1.08 bits per heavy atom. The van der Waals surface area contributed by atoms with Crippen LogP contribution in [0.2, 0.25) is 0 Å². The summed E-state index contributed by atoms with van der Waals surface area (Å²) >= 11 is 0. The summed E-state index contributed by atoms with van der Waals surface area (Å²) in [5.41, 5.74) is 5.67. The summed E-state index contributed by atoms with van der Waals surface area (Å²) in [6.45, 7) is 12.3. The van der Waals surface area contributed by atoms with Gasteiger partial charge < -0.3 is 26.0 Å². The number of hydrogen-bond acceptors (Lipinski definition) is 7. The van der Waals surface area contributed by atoms with Crippen LogP contribution in [-0.4, -0.2) is 109 Å². The van der Waals surface area contributed by atoms with Crippen LogP contribution in [0.3, 0.4) is 0 Å². The lowest BCUT2D eigenvalue weighted by Crippen LogP contribution is -2.43. The molecule has 0 aromatic rings. The van der Waals surface area contributed by atoms with Gasteiger partial charge >= 0.3 is 0 Å². The number of nitrogens with two attached hydrogens (primary N) is 1. The van der Waals surface area contributed by atoms with Crippen molar-refractivity contribution in [2.45, 2.75) is 25.9 Å². The summed E-state index contributed by atoms with van der Waals surface area (Å²) in [7, 11) is 1.95. The lowest BCUT2D eigenvalue weighted by Gasteiger charge is -2.29. The average molecular weight is 347 g/mol. The van der Waals surface area contributed by atoms with Crippen molar-refractivity contribution in [3.8, 4) is 0 Å². The second-order valence-electron chi connectivity index (χ2n) is 6.37. The SMILES string of the molecule is C=C(O)CN(C)CCN(CCCO)CCN(CCN)CC(O)CC. The summed E-state index contributed by atoms with van der Waals surface area (Å²) in [6.07, 6.45) is 1.17. The van der Waals surface area contributed by atoms with Crippen LogP contribution in [0.5, 0.6) is 0 Å². The fourth-order valence-corrected chi connectivity index (χ4v) is 2.52. The minimum Gasteiger partial charge on any atom is -0.512 e. The van der Waals surface area contributed by atoms with Crippen LogP contribution >= 0.6 is 0 Å². The van der Waals surface area contributed by atoms with E-state index in [0.29, 0.717) is 19.6 Å². The third-order valence-electron chi connectivity index (χ3n) is 4.00. The van der Waals surface area contributed by atoms with E-state index in [1.54, 1.807) is 0 Å². The molecule has 0 aliphatic heterocycles. The van der Waals surface area contributed by atoms with Crippen LogP contribution < -0.4 is 5.73 Å². The fraction of sp³-hybridized carbons (Fsp3) is 0.882. The topological polar surface area (TPSA) is 96.4 Å². The normalized spacial score (nSPS) is 13.2. The Morgan fingerprint density at radius 2 is 1.71 bits per heavy atom. The van der Waals surface area contributed by atoms with Gasteiger partial charge in [-0.3, -0.25) is 9.80 Å². The Hall–Kier alpha value is -0.700. The molecule has 0 aliphatic carbocycles. The summed E-state index contributed by atoms with van der Waals surface area (Å²) in [5.74, 6) is 0.169. The average Bonchev–Trinajstić information content (AvgIpc) is 2.53. The lowest BCUT2D eigenvalue weighted by molar-refractivity contribution is 0.100. The van der Waals surface area contributed by atoms with Crippen molar-refractivity contribution in [1.82, 2.24) is 14.7 Å². The highest BCUT2D eigenvalue weighted by atomic mass is 16.3. The quantitative estimate of drug-likeness (QED) is 0.285. The molecule has 0 bridgehead atoms. The first-order chi connectivity index (χ1) is 11.4. The molecule has 0 saturated carbocycles.